The summed E-state index contributed by atoms with van der Waals surface area (Å²) in [7, 11) is 3.40. The molecular weight excluding hydrogens is 330 g/mol. The van der Waals surface area contributed by atoms with Crippen LogP contribution in [-0.2, 0) is 6.42 Å². The smallest absolute Gasteiger partial charge is 0.258 e. The van der Waals surface area contributed by atoms with Crippen molar-refractivity contribution < 1.29 is 19.1 Å². The second-order valence-corrected chi connectivity index (χ2v) is 6.53. The number of fused-ring (bicyclic) bond motifs is 1. The van der Waals surface area contributed by atoms with Crippen LogP contribution in [0.2, 0.25) is 0 Å². The Morgan fingerprint density at radius 3 is 2.58 bits per heavy atom. The summed E-state index contributed by atoms with van der Waals surface area (Å²) in [5, 5.41) is 10.2. The third-order valence-electron chi connectivity index (χ3n) is 4.73. The molecule has 0 aliphatic carbocycles. The first kappa shape index (κ1) is 17.9. The second kappa shape index (κ2) is 7.12. The number of carbonyl (C=O) groups is 1. The maximum absolute atomic E-state index is 13.1. The highest BCUT2D eigenvalue weighted by atomic mass is 16.5. The van der Waals surface area contributed by atoms with E-state index in [2.05, 4.69) is 0 Å². The number of amides is 1. The van der Waals surface area contributed by atoms with Crippen molar-refractivity contribution in [2.75, 3.05) is 14.2 Å². The maximum Gasteiger partial charge on any atom is 0.258 e. The molecule has 1 N–H and O–H groups in total. The highest BCUT2D eigenvalue weighted by molar-refractivity contribution is 6.07. The van der Waals surface area contributed by atoms with Crippen LogP contribution in [-0.4, -0.2) is 36.1 Å². The lowest BCUT2D eigenvalue weighted by Gasteiger charge is -2.25. The molecule has 0 saturated heterocycles. The minimum absolute atomic E-state index is 0.0120. The van der Waals surface area contributed by atoms with Crippen LogP contribution in [0, 0.1) is 6.92 Å². The van der Waals surface area contributed by atoms with E-state index in [4.69, 9.17) is 9.15 Å². The number of likely N-dealkylation sites (N-methyl/N-ethyl adjacent to an activating group) is 1. The molecule has 3 aromatic rings. The molecule has 1 amide bonds. The molecule has 0 aliphatic heterocycles. The molecule has 1 aromatic heterocycles. The standard InChI is InChI=1S/C21H23NO4/c1-13(11-15-5-7-16(23)8-6-15)22(3)21(24)20-14(2)26-19-10-9-17(25-4)12-18(19)20/h5-10,12-13,23H,11H2,1-4H3. The number of carbonyl (C=O) groups excluding carboxylic acids is 1. The van der Waals surface area contributed by atoms with Gasteiger partial charge in [-0.15, -0.1) is 0 Å². The third-order valence-corrected chi connectivity index (χ3v) is 4.73. The zero-order valence-corrected chi connectivity index (χ0v) is 15.4. The monoisotopic (exact) mass is 353 g/mol. The molecule has 0 aliphatic rings. The number of furan rings is 1. The van der Waals surface area contributed by atoms with Crippen molar-refractivity contribution in [3.8, 4) is 11.5 Å². The summed E-state index contributed by atoms with van der Waals surface area (Å²) in [6.45, 7) is 3.81. The summed E-state index contributed by atoms with van der Waals surface area (Å²) < 4.78 is 11.0. The van der Waals surface area contributed by atoms with Gasteiger partial charge in [-0.25, -0.2) is 0 Å². The normalized spacial score (nSPS) is 12.2. The highest BCUT2D eigenvalue weighted by Crippen LogP contribution is 2.30. The molecule has 0 spiro atoms. The number of methoxy groups -OCH3 is 1. The molecule has 0 radical (unpaired) electrons. The quantitative estimate of drug-likeness (QED) is 0.748. The molecule has 1 unspecified atom stereocenters. The minimum atomic E-state index is -0.0826. The van der Waals surface area contributed by atoms with Crippen molar-refractivity contribution >= 4 is 16.9 Å². The molecule has 5 heteroatoms. The van der Waals surface area contributed by atoms with Gasteiger partial charge in [-0.2, -0.15) is 0 Å². The molecule has 2 aromatic carbocycles. The lowest BCUT2D eigenvalue weighted by Crippen LogP contribution is -2.36. The molecule has 0 saturated carbocycles. The molecule has 136 valence electrons. The number of phenolic OH excluding ortho intramolecular Hbond substituents is 1. The Balaban J connectivity index is 1.86. The van der Waals surface area contributed by atoms with Crippen LogP contribution in [0.1, 0.15) is 28.6 Å². The fraction of sp³-hybridized carbons (Fsp3) is 0.286. The number of aryl methyl sites for hydroxylation is 1. The van der Waals surface area contributed by atoms with Gasteiger partial charge in [0.2, 0.25) is 0 Å². The zero-order chi connectivity index (χ0) is 18.8. The maximum atomic E-state index is 13.1. The van der Waals surface area contributed by atoms with E-state index in [1.807, 2.05) is 37.3 Å². The van der Waals surface area contributed by atoms with Crippen molar-refractivity contribution in [2.45, 2.75) is 26.3 Å². The lowest BCUT2D eigenvalue weighted by molar-refractivity contribution is 0.0743. The number of rotatable bonds is 5. The number of phenols is 1. The number of hydrogen-bond acceptors (Lipinski definition) is 4. The second-order valence-electron chi connectivity index (χ2n) is 6.53. The van der Waals surface area contributed by atoms with E-state index in [0.29, 0.717) is 29.1 Å². The first-order valence-corrected chi connectivity index (χ1v) is 8.53. The Morgan fingerprint density at radius 2 is 1.92 bits per heavy atom. The first-order valence-electron chi connectivity index (χ1n) is 8.53. The predicted molar refractivity (Wildman–Crippen MR) is 101 cm³/mol. The molecular formula is C21H23NO4. The fourth-order valence-corrected chi connectivity index (χ4v) is 3.08. The van der Waals surface area contributed by atoms with Crippen molar-refractivity contribution in [3.05, 3.63) is 59.4 Å². The number of hydrogen-bond donors (Lipinski definition) is 1. The van der Waals surface area contributed by atoms with Gasteiger partial charge in [0, 0.05) is 18.5 Å². The summed E-state index contributed by atoms with van der Waals surface area (Å²) in [5.74, 6) is 1.44. The summed E-state index contributed by atoms with van der Waals surface area (Å²) in [4.78, 5) is 14.8. The van der Waals surface area contributed by atoms with Crippen molar-refractivity contribution in [2.24, 2.45) is 0 Å². The Labute approximate surface area is 152 Å². The van der Waals surface area contributed by atoms with Crippen LogP contribution in [0.4, 0.5) is 0 Å². The number of ether oxygens (including phenoxy) is 1. The van der Waals surface area contributed by atoms with Gasteiger partial charge >= 0.3 is 0 Å². The van der Waals surface area contributed by atoms with Crippen LogP contribution >= 0.6 is 0 Å². The van der Waals surface area contributed by atoms with E-state index in [-0.39, 0.29) is 17.7 Å². The first-order chi connectivity index (χ1) is 12.4. The van der Waals surface area contributed by atoms with Gasteiger partial charge in [0.1, 0.15) is 22.8 Å². The van der Waals surface area contributed by atoms with Crippen molar-refractivity contribution in [1.82, 2.24) is 4.90 Å². The van der Waals surface area contributed by atoms with Crippen LogP contribution in [0.5, 0.6) is 11.5 Å². The molecule has 0 bridgehead atoms. The van der Waals surface area contributed by atoms with Crippen LogP contribution < -0.4 is 4.74 Å². The summed E-state index contributed by atoms with van der Waals surface area (Å²) in [6, 6.07) is 12.5. The topological polar surface area (TPSA) is 62.9 Å². The van der Waals surface area contributed by atoms with E-state index in [9.17, 15) is 9.90 Å². The van der Waals surface area contributed by atoms with Gasteiger partial charge in [-0.05, 0) is 56.2 Å². The molecule has 1 atom stereocenters. The predicted octanol–water partition coefficient (Wildman–Crippen LogP) is 4.16. The van der Waals surface area contributed by atoms with E-state index in [0.717, 1.165) is 10.9 Å². The van der Waals surface area contributed by atoms with Crippen LogP contribution in [0.3, 0.4) is 0 Å². The molecule has 5 nitrogen and oxygen atoms in total. The minimum Gasteiger partial charge on any atom is -0.508 e. The average Bonchev–Trinajstić information content (AvgIpc) is 2.97. The van der Waals surface area contributed by atoms with Crippen molar-refractivity contribution in [1.29, 1.82) is 0 Å². The van der Waals surface area contributed by atoms with Gasteiger partial charge < -0.3 is 19.2 Å². The average molecular weight is 353 g/mol. The van der Waals surface area contributed by atoms with E-state index in [1.165, 1.54) is 0 Å². The fourth-order valence-electron chi connectivity index (χ4n) is 3.08. The molecule has 1 heterocycles. The van der Waals surface area contributed by atoms with Gasteiger partial charge in [-0.3, -0.25) is 4.79 Å². The van der Waals surface area contributed by atoms with Crippen molar-refractivity contribution in [3.63, 3.8) is 0 Å². The Bertz CT molecular complexity index is 927. The van der Waals surface area contributed by atoms with Gasteiger partial charge in [-0.1, -0.05) is 12.1 Å². The summed E-state index contributed by atoms with van der Waals surface area (Å²) in [5.41, 5.74) is 2.30. The van der Waals surface area contributed by atoms with E-state index in [1.54, 1.807) is 38.1 Å². The van der Waals surface area contributed by atoms with Gasteiger partial charge in [0.15, 0.2) is 0 Å². The Hall–Kier alpha value is -2.95. The van der Waals surface area contributed by atoms with E-state index >= 15 is 0 Å². The van der Waals surface area contributed by atoms with Crippen LogP contribution in [0.25, 0.3) is 11.0 Å². The summed E-state index contributed by atoms with van der Waals surface area (Å²) in [6.07, 6.45) is 0.695. The van der Waals surface area contributed by atoms with Gasteiger partial charge in [0.25, 0.3) is 5.91 Å². The molecule has 0 fully saturated rings. The molecule has 26 heavy (non-hydrogen) atoms. The van der Waals surface area contributed by atoms with E-state index < -0.39 is 0 Å². The Morgan fingerprint density at radius 1 is 1.23 bits per heavy atom. The van der Waals surface area contributed by atoms with Crippen LogP contribution in [0.15, 0.2) is 46.9 Å². The number of aromatic hydroxyl groups is 1. The van der Waals surface area contributed by atoms with Gasteiger partial charge in [0.05, 0.1) is 12.7 Å². The molecule has 3 rings (SSSR count). The number of benzene rings is 2. The zero-order valence-electron chi connectivity index (χ0n) is 15.4. The Kier molecular flexibility index (Phi) is 4.89. The largest absolute Gasteiger partial charge is 0.508 e. The highest BCUT2D eigenvalue weighted by Gasteiger charge is 2.24. The lowest BCUT2D eigenvalue weighted by atomic mass is 10.0. The third kappa shape index (κ3) is 3.38. The number of nitrogens with zero attached hydrogens (tertiary/aromatic N) is 1. The SMILES string of the molecule is COc1ccc2oc(C)c(C(=O)N(C)C(C)Cc3ccc(O)cc3)c2c1. The summed E-state index contributed by atoms with van der Waals surface area (Å²) >= 11 is 0.